The second-order valence-corrected chi connectivity index (χ2v) is 4.11. The van der Waals surface area contributed by atoms with Gasteiger partial charge in [0.2, 0.25) is 5.82 Å². The molecule has 0 saturated carbocycles. The fourth-order valence-electron chi connectivity index (χ4n) is 1.67. The summed E-state index contributed by atoms with van der Waals surface area (Å²) >= 11 is 0. The first kappa shape index (κ1) is 14.4. The zero-order valence-electron chi connectivity index (χ0n) is 11.3. The molecule has 0 saturated heterocycles. The van der Waals surface area contributed by atoms with Crippen LogP contribution in [0.2, 0.25) is 0 Å². The SMILES string of the molecule is O=C(O)c1ncccn1.c1ccc(-c2ccccc2)cc1. The summed E-state index contributed by atoms with van der Waals surface area (Å²) in [6.07, 6.45) is 2.77. The number of hydrogen-bond acceptors (Lipinski definition) is 3. The summed E-state index contributed by atoms with van der Waals surface area (Å²) in [7, 11) is 0. The molecule has 0 atom stereocenters. The third-order valence-electron chi connectivity index (χ3n) is 2.64. The van der Waals surface area contributed by atoms with Crippen molar-refractivity contribution >= 4 is 5.97 Å². The Bertz CT molecular complexity index is 633. The van der Waals surface area contributed by atoms with E-state index in [0.717, 1.165) is 0 Å². The molecule has 0 amide bonds. The van der Waals surface area contributed by atoms with Gasteiger partial charge < -0.3 is 5.11 Å². The van der Waals surface area contributed by atoms with E-state index in [9.17, 15) is 4.79 Å². The number of rotatable bonds is 2. The Morgan fingerprint density at radius 1 is 0.714 bits per heavy atom. The molecule has 0 radical (unpaired) electrons. The topological polar surface area (TPSA) is 63.1 Å². The normalized spacial score (nSPS) is 9.33. The van der Waals surface area contributed by atoms with Crippen LogP contribution in [0.1, 0.15) is 10.6 Å². The monoisotopic (exact) mass is 278 g/mol. The first-order chi connectivity index (χ1) is 10.3. The van der Waals surface area contributed by atoms with Crippen LogP contribution in [0.3, 0.4) is 0 Å². The minimum Gasteiger partial charge on any atom is -0.475 e. The number of aromatic carboxylic acids is 1. The van der Waals surface area contributed by atoms with Gasteiger partial charge in [-0.15, -0.1) is 0 Å². The van der Waals surface area contributed by atoms with Crippen LogP contribution in [-0.4, -0.2) is 21.0 Å². The first-order valence-corrected chi connectivity index (χ1v) is 6.38. The minimum absolute atomic E-state index is 0.169. The standard InChI is InChI=1S/C12H10.C5H4N2O2/c1-3-7-11(8-4-1)12-9-5-2-6-10-12;8-5(9)4-6-2-1-3-7-4/h1-10H;1-3H,(H,8,9). The van der Waals surface area contributed by atoms with E-state index in [1.54, 1.807) is 6.07 Å². The second kappa shape index (κ2) is 7.55. The lowest BCUT2D eigenvalue weighted by atomic mass is 10.1. The Hall–Kier alpha value is -3.01. The summed E-state index contributed by atoms with van der Waals surface area (Å²) in [4.78, 5) is 17.0. The lowest BCUT2D eigenvalue weighted by molar-refractivity contribution is 0.0683. The molecule has 0 fully saturated rings. The lowest BCUT2D eigenvalue weighted by Crippen LogP contribution is -2.01. The molecule has 0 unspecified atom stereocenters. The van der Waals surface area contributed by atoms with Gasteiger partial charge in [-0.3, -0.25) is 0 Å². The van der Waals surface area contributed by atoms with Crippen molar-refractivity contribution in [3.63, 3.8) is 0 Å². The van der Waals surface area contributed by atoms with Gasteiger partial charge >= 0.3 is 5.97 Å². The summed E-state index contributed by atoms with van der Waals surface area (Å²) in [5.41, 5.74) is 2.55. The maximum atomic E-state index is 10.1. The summed E-state index contributed by atoms with van der Waals surface area (Å²) in [5.74, 6) is -1.27. The van der Waals surface area contributed by atoms with Gasteiger partial charge in [-0.1, -0.05) is 60.7 Å². The molecule has 104 valence electrons. The highest BCUT2D eigenvalue weighted by molar-refractivity contribution is 5.82. The predicted molar refractivity (Wildman–Crippen MR) is 80.9 cm³/mol. The third kappa shape index (κ3) is 4.54. The average Bonchev–Trinajstić information content (AvgIpc) is 2.58. The molecule has 0 aliphatic rings. The first-order valence-electron chi connectivity index (χ1n) is 6.38. The molecule has 0 bridgehead atoms. The van der Waals surface area contributed by atoms with E-state index in [2.05, 4.69) is 58.5 Å². The quantitative estimate of drug-likeness (QED) is 0.779. The Kier molecular flexibility index (Phi) is 5.18. The minimum atomic E-state index is -1.10. The van der Waals surface area contributed by atoms with Crippen LogP contribution in [0.5, 0.6) is 0 Å². The van der Waals surface area contributed by atoms with Crippen LogP contribution in [0.25, 0.3) is 11.1 Å². The van der Waals surface area contributed by atoms with Crippen LogP contribution in [0.4, 0.5) is 0 Å². The maximum absolute atomic E-state index is 10.1. The van der Waals surface area contributed by atoms with Crippen LogP contribution in [0, 0.1) is 0 Å². The second-order valence-electron chi connectivity index (χ2n) is 4.11. The molecule has 1 heterocycles. The van der Waals surface area contributed by atoms with Gasteiger partial charge in [-0.2, -0.15) is 0 Å². The fraction of sp³-hybridized carbons (Fsp3) is 0. The molecular formula is C17H14N2O2. The highest BCUT2D eigenvalue weighted by Gasteiger charge is 2.01. The third-order valence-corrected chi connectivity index (χ3v) is 2.64. The molecular weight excluding hydrogens is 264 g/mol. The molecule has 1 aromatic heterocycles. The molecule has 4 nitrogen and oxygen atoms in total. The van der Waals surface area contributed by atoms with Crippen LogP contribution >= 0.6 is 0 Å². The Morgan fingerprint density at radius 2 is 1.14 bits per heavy atom. The van der Waals surface area contributed by atoms with Crippen molar-refractivity contribution in [3.8, 4) is 11.1 Å². The van der Waals surface area contributed by atoms with Gasteiger partial charge in [0.05, 0.1) is 0 Å². The van der Waals surface area contributed by atoms with Crippen LogP contribution in [-0.2, 0) is 0 Å². The number of hydrogen-bond donors (Lipinski definition) is 1. The number of benzene rings is 2. The summed E-state index contributed by atoms with van der Waals surface area (Å²) < 4.78 is 0. The average molecular weight is 278 g/mol. The zero-order chi connectivity index (χ0) is 14.9. The molecule has 0 aliphatic carbocycles. The Balaban J connectivity index is 0.000000161. The largest absolute Gasteiger partial charge is 0.475 e. The van der Waals surface area contributed by atoms with Crippen LogP contribution in [0.15, 0.2) is 79.1 Å². The summed E-state index contributed by atoms with van der Waals surface area (Å²) in [6, 6.07) is 22.3. The van der Waals surface area contributed by atoms with Gasteiger partial charge in [0.25, 0.3) is 0 Å². The van der Waals surface area contributed by atoms with Crippen molar-refractivity contribution in [2.45, 2.75) is 0 Å². The van der Waals surface area contributed by atoms with Crippen molar-refractivity contribution < 1.29 is 9.90 Å². The number of nitrogens with zero attached hydrogens (tertiary/aromatic N) is 2. The fourth-order valence-corrected chi connectivity index (χ4v) is 1.67. The van der Waals surface area contributed by atoms with Gasteiger partial charge in [0.1, 0.15) is 0 Å². The summed E-state index contributed by atoms with van der Waals surface area (Å²) in [6.45, 7) is 0. The number of carboxylic acid groups (broad SMARTS) is 1. The van der Waals surface area contributed by atoms with E-state index in [-0.39, 0.29) is 5.82 Å². The Morgan fingerprint density at radius 3 is 1.48 bits per heavy atom. The number of aromatic nitrogens is 2. The maximum Gasteiger partial charge on any atom is 0.373 e. The molecule has 0 aliphatic heterocycles. The lowest BCUT2D eigenvalue weighted by Gasteiger charge is -1.98. The van der Waals surface area contributed by atoms with Crippen molar-refractivity contribution in [1.82, 2.24) is 9.97 Å². The van der Waals surface area contributed by atoms with E-state index < -0.39 is 5.97 Å². The van der Waals surface area contributed by atoms with Gasteiger partial charge in [-0.05, 0) is 17.2 Å². The molecule has 1 N–H and O–H groups in total. The van der Waals surface area contributed by atoms with Crippen LogP contribution < -0.4 is 0 Å². The van der Waals surface area contributed by atoms with E-state index in [4.69, 9.17) is 5.11 Å². The molecule has 4 heteroatoms. The molecule has 21 heavy (non-hydrogen) atoms. The van der Waals surface area contributed by atoms with E-state index >= 15 is 0 Å². The molecule has 3 aromatic rings. The van der Waals surface area contributed by atoms with Gasteiger partial charge in [0, 0.05) is 12.4 Å². The zero-order valence-corrected chi connectivity index (χ0v) is 11.3. The van der Waals surface area contributed by atoms with E-state index in [1.165, 1.54) is 23.5 Å². The van der Waals surface area contributed by atoms with E-state index in [0.29, 0.717) is 0 Å². The van der Waals surface area contributed by atoms with Gasteiger partial charge in [-0.25, -0.2) is 14.8 Å². The van der Waals surface area contributed by atoms with Gasteiger partial charge in [0.15, 0.2) is 0 Å². The van der Waals surface area contributed by atoms with Crippen molar-refractivity contribution in [2.75, 3.05) is 0 Å². The summed E-state index contributed by atoms with van der Waals surface area (Å²) in [5, 5.41) is 8.26. The predicted octanol–water partition coefficient (Wildman–Crippen LogP) is 3.53. The number of carboxylic acids is 1. The molecule has 2 aromatic carbocycles. The van der Waals surface area contributed by atoms with E-state index in [1.807, 2.05) is 12.1 Å². The highest BCUT2D eigenvalue weighted by Crippen LogP contribution is 2.17. The molecule has 0 spiro atoms. The Labute approximate surface area is 122 Å². The number of carbonyl (C=O) groups is 1. The van der Waals surface area contributed by atoms with Crippen molar-refractivity contribution in [2.24, 2.45) is 0 Å². The highest BCUT2D eigenvalue weighted by atomic mass is 16.4. The van der Waals surface area contributed by atoms with Crippen molar-refractivity contribution in [1.29, 1.82) is 0 Å². The van der Waals surface area contributed by atoms with Crippen molar-refractivity contribution in [3.05, 3.63) is 84.9 Å². The smallest absolute Gasteiger partial charge is 0.373 e. The molecule has 3 rings (SSSR count).